The molecule has 1 rings (SSSR count). The Hall–Kier alpha value is -1.14. The Labute approximate surface area is 101 Å². The molecule has 1 aliphatic rings. The summed E-state index contributed by atoms with van der Waals surface area (Å²) in [4.78, 5) is 22.6. The molecular weight excluding hydrogens is 222 g/mol. The summed E-state index contributed by atoms with van der Waals surface area (Å²) in [5.41, 5.74) is 0. The summed E-state index contributed by atoms with van der Waals surface area (Å²) in [7, 11) is 1.46. The molecular formula is C11H21N3O3. The van der Waals surface area contributed by atoms with Crippen molar-refractivity contribution < 1.29 is 14.7 Å². The number of nitrogens with one attached hydrogen (secondary N) is 3. The van der Waals surface area contributed by atoms with Crippen molar-refractivity contribution in [2.45, 2.75) is 38.3 Å². The molecule has 0 aliphatic heterocycles. The van der Waals surface area contributed by atoms with Gasteiger partial charge in [-0.15, -0.1) is 0 Å². The first-order valence-electron chi connectivity index (χ1n) is 5.98. The van der Waals surface area contributed by atoms with Gasteiger partial charge in [-0.2, -0.15) is 0 Å². The number of rotatable bonds is 4. The Morgan fingerprint density at radius 3 is 2.71 bits per heavy atom. The number of imide groups is 1. The third-order valence-corrected chi connectivity index (χ3v) is 3.21. The lowest BCUT2D eigenvalue weighted by Gasteiger charge is -2.23. The fourth-order valence-electron chi connectivity index (χ4n) is 2.15. The van der Waals surface area contributed by atoms with Crippen molar-refractivity contribution in [2.24, 2.45) is 5.92 Å². The van der Waals surface area contributed by atoms with Crippen molar-refractivity contribution in [2.75, 3.05) is 13.7 Å². The Kier molecular flexibility index (Phi) is 5.37. The zero-order chi connectivity index (χ0) is 12.8. The lowest BCUT2D eigenvalue weighted by Crippen LogP contribution is -2.51. The molecule has 0 aromatic rings. The van der Waals surface area contributed by atoms with Gasteiger partial charge in [0.05, 0.1) is 6.04 Å². The number of aliphatic hydroxyl groups is 1. The lowest BCUT2D eigenvalue weighted by atomic mass is 10.0. The predicted molar refractivity (Wildman–Crippen MR) is 63.4 cm³/mol. The molecule has 3 unspecified atom stereocenters. The molecule has 0 saturated heterocycles. The highest BCUT2D eigenvalue weighted by atomic mass is 16.3. The molecule has 1 aliphatic carbocycles. The summed E-state index contributed by atoms with van der Waals surface area (Å²) < 4.78 is 0. The predicted octanol–water partition coefficient (Wildman–Crippen LogP) is -0.419. The molecule has 6 nitrogen and oxygen atoms in total. The second kappa shape index (κ2) is 6.56. The van der Waals surface area contributed by atoms with Crippen molar-refractivity contribution in [1.82, 2.24) is 16.0 Å². The van der Waals surface area contributed by atoms with Crippen LogP contribution in [-0.4, -0.2) is 42.8 Å². The van der Waals surface area contributed by atoms with E-state index in [9.17, 15) is 9.59 Å². The minimum Gasteiger partial charge on any atom is -0.396 e. The second-order valence-corrected chi connectivity index (χ2v) is 4.44. The van der Waals surface area contributed by atoms with Crippen LogP contribution >= 0.6 is 0 Å². The number of aliphatic hydroxyl groups excluding tert-OH is 1. The molecule has 0 aromatic heterocycles. The third kappa shape index (κ3) is 3.98. The van der Waals surface area contributed by atoms with Crippen LogP contribution in [0.2, 0.25) is 0 Å². The average Bonchev–Trinajstić information content (AvgIpc) is 2.75. The Morgan fingerprint density at radius 2 is 2.12 bits per heavy atom. The number of hydrogen-bond donors (Lipinski definition) is 4. The molecule has 0 bridgehead atoms. The van der Waals surface area contributed by atoms with Crippen LogP contribution in [0.5, 0.6) is 0 Å². The molecule has 0 heterocycles. The SMILES string of the molecule is CNC(=O)NC(=O)C(C)NC1CCCC1CO. The van der Waals surface area contributed by atoms with E-state index < -0.39 is 12.1 Å². The number of hydrogen-bond acceptors (Lipinski definition) is 4. The highest BCUT2D eigenvalue weighted by Gasteiger charge is 2.29. The van der Waals surface area contributed by atoms with Gasteiger partial charge >= 0.3 is 6.03 Å². The Morgan fingerprint density at radius 1 is 1.41 bits per heavy atom. The fourth-order valence-corrected chi connectivity index (χ4v) is 2.15. The number of carbonyl (C=O) groups is 2. The van der Waals surface area contributed by atoms with Crippen LogP contribution in [0.4, 0.5) is 4.79 Å². The van der Waals surface area contributed by atoms with Crippen molar-refractivity contribution >= 4 is 11.9 Å². The zero-order valence-corrected chi connectivity index (χ0v) is 10.3. The van der Waals surface area contributed by atoms with Crippen molar-refractivity contribution in [3.63, 3.8) is 0 Å². The Balaban J connectivity index is 2.40. The topological polar surface area (TPSA) is 90.5 Å². The molecule has 1 fully saturated rings. The van der Waals surface area contributed by atoms with E-state index in [0.717, 1.165) is 19.3 Å². The number of urea groups is 1. The molecule has 4 N–H and O–H groups in total. The molecule has 3 atom stereocenters. The van der Waals surface area contributed by atoms with Crippen molar-refractivity contribution in [3.05, 3.63) is 0 Å². The quantitative estimate of drug-likeness (QED) is 0.540. The van der Waals surface area contributed by atoms with Gasteiger partial charge in [-0.25, -0.2) is 4.79 Å². The summed E-state index contributed by atoms with van der Waals surface area (Å²) in [5.74, 6) is -0.141. The summed E-state index contributed by atoms with van der Waals surface area (Å²) in [6, 6.07) is -0.788. The van der Waals surface area contributed by atoms with Crippen LogP contribution < -0.4 is 16.0 Å². The van der Waals surface area contributed by atoms with E-state index in [0.29, 0.717) is 0 Å². The highest BCUT2D eigenvalue weighted by Crippen LogP contribution is 2.25. The standard InChI is InChI=1S/C11H21N3O3/c1-7(10(16)14-11(17)12-2)13-9-5-3-4-8(9)6-15/h7-9,13,15H,3-6H2,1-2H3,(H2,12,14,16,17). The normalized spacial score (nSPS) is 25.4. The van der Waals surface area contributed by atoms with Crippen molar-refractivity contribution in [1.29, 1.82) is 0 Å². The molecule has 1 saturated carbocycles. The first kappa shape index (κ1) is 13.9. The molecule has 17 heavy (non-hydrogen) atoms. The summed E-state index contributed by atoms with van der Waals surface area (Å²) in [5, 5.41) is 16.9. The maximum Gasteiger partial charge on any atom is 0.321 e. The van der Waals surface area contributed by atoms with Gasteiger partial charge in [-0.1, -0.05) is 6.42 Å². The smallest absolute Gasteiger partial charge is 0.321 e. The molecule has 98 valence electrons. The first-order valence-corrected chi connectivity index (χ1v) is 5.98. The first-order chi connectivity index (χ1) is 8.08. The average molecular weight is 243 g/mol. The molecule has 3 amide bonds. The van der Waals surface area contributed by atoms with Crippen LogP contribution in [0.1, 0.15) is 26.2 Å². The van der Waals surface area contributed by atoms with Gasteiger partial charge in [0.15, 0.2) is 0 Å². The zero-order valence-electron chi connectivity index (χ0n) is 10.3. The van der Waals surface area contributed by atoms with Crippen LogP contribution in [0.25, 0.3) is 0 Å². The monoisotopic (exact) mass is 243 g/mol. The van der Waals surface area contributed by atoms with Gasteiger partial charge in [0.25, 0.3) is 0 Å². The van der Waals surface area contributed by atoms with E-state index >= 15 is 0 Å². The van der Waals surface area contributed by atoms with E-state index in [2.05, 4.69) is 16.0 Å². The molecule has 0 spiro atoms. The third-order valence-electron chi connectivity index (χ3n) is 3.21. The van der Waals surface area contributed by atoms with Gasteiger partial charge in [0.1, 0.15) is 0 Å². The van der Waals surface area contributed by atoms with Gasteiger partial charge in [0, 0.05) is 19.7 Å². The van der Waals surface area contributed by atoms with Crippen LogP contribution in [-0.2, 0) is 4.79 Å². The second-order valence-electron chi connectivity index (χ2n) is 4.44. The van der Waals surface area contributed by atoms with Crippen LogP contribution in [0.15, 0.2) is 0 Å². The minimum atomic E-state index is -0.506. The van der Waals surface area contributed by atoms with E-state index in [1.807, 2.05) is 0 Å². The largest absolute Gasteiger partial charge is 0.396 e. The molecule has 6 heteroatoms. The maximum atomic E-state index is 11.6. The summed E-state index contributed by atoms with van der Waals surface area (Å²) >= 11 is 0. The van der Waals surface area contributed by atoms with E-state index in [1.165, 1.54) is 7.05 Å². The van der Waals surface area contributed by atoms with Gasteiger partial charge in [0.2, 0.25) is 5.91 Å². The van der Waals surface area contributed by atoms with E-state index in [1.54, 1.807) is 6.92 Å². The van der Waals surface area contributed by atoms with Crippen LogP contribution in [0.3, 0.4) is 0 Å². The highest BCUT2D eigenvalue weighted by molar-refractivity contribution is 5.96. The maximum absolute atomic E-state index is 11.6. The minimum absolute atomic E-state index is 0.140. The van der Waals surface area contributed by atoms with Gasteiger partial charge in [-0.3, -0.25) is 10.1 Å². The molecule has 0 radical (unpaired) electrons. The Bertz CT molecular complexity index is 283. The fraction of sp³-hybridized carbons (Fsp3) is 0.818. The lowest BCUT2D eigenvalue weighted by molar-refractivity contribution is -0.121. The van der Waals surface area contributed by atoms with Gasteiger partial charge < -0.3 is 15.7 Å². The summed E-state index contributed by atoms with van der Waals surface area (Å²) in [6.07, 6.45) is 3.01. The van der Waals surface area contributed by atoms with Gasteiger partial charge in [-0.05, 0) is 25.7 Å². The molecule has 0 aromatic carbocycles. The number of carbonyl (C=O) groups excluding carboxylic acids is 2. The number of amides is 3. The summed E-state index contributed by atoms with van der Waals surface area (Å²) in [6.45, 7) is 1.85. The van der Waals surface area contributed by atoms with Crippen LogP contribution in [0, 0.1) is 5.92 Å². The van der Waals surface area contributed by atoms with E-state index in [4.69, 9.17) is 5.11 Å². The van der Waals surface area contributed by atoms with E-state index in [-0.39, 0.29) is 24.5 Å². The van der Waals surface area contributed by atoms with Crippen molar-refractivity contribution in [3.8, 4) is 0 Å².